The first kappa shape index (κ1) is 20.8. The van der Waals surface area contributed by atoms with Gasteiger partial charge in [-0.2, -0.15) is 0 Å². The molecule has 1 aliphatic rings. The third-order valence-corrected chi connectivity index (χ3v) is 7.31. The van der Waals surface area contributed by atoms with E-state index in [1.165, 1.54) is 0 Å². The van der Waals surface area contributed by atoms with Crippen molar-refractivity contribution in [2.45, 2.75) is 25.0 Å². The van der Waals surface area contributed by atoms with Gasteiger partial charge in [-0.3, -0.25) is 14.9 Å². The molecule has 1 saturated heterocycles. The van der Waals surface area contributed by atoms with Gasteiger partial charge >= 0.3 is 0 Å². The van der Waals surface area contributed by atoms with E-state index < -0.39 is 0 Å². The number of thiophene rings is 1. The number of oxazole rings is 1. The lowest BCUT2D eigenvalue weighted by Gasteiger charge is -2.11. The number of amides is 2. The third-order valence-electron chi connectivity index (χ3n) is 5.34. The van der Waals surface area contributed by atoms with Gasteiger partial charge in [0.05, 0.1) is 17.6 Å². The second-order valence-corrected chi connectivity index (χ2v) is 9.55. The van der Waals surface area contributed by atoms with Crippen molar-refractivity contribution in [2.75, 3.05) is 6.61 Å². The van der Waals surface area contributed by atoms with Crippen molar-refractivity contribution in [1.82, 2.24) is 10.3 Å². The van der Waals surface area contributed by atoms with Crippen LogP contribution < -0.4 is 10.1 Å². The summed E-state index contributed by atoms with van der Waals surface area (Å²) in [4.78, 5) is 28.0. The Labute approximate surface area is 194 Å². The van der Waals surface area contributed by atoms with Crippen molar-refractivity contribution in [2.24, 2.45) is 0 Å². The molecule has 0 spiro atoms. The summed E-state index contributed by atoms with van der Waals surface area (Å²) in [7, 11) is 0. The number of fused-ring (bicyclic) bond motifs is 1. The third kappa shape index (κ3) is 4.16. The summed E-state index contributed by atoms with van der Waals surface area (Å²) in [5, 5.41) is 4.73. The van der Waals surface area contributed by atoms with Gasteiger partial charge in [0.15, 0.2) is 0 Å². The Hall–Kier alpha value is -3.10. The minimum absolute atomic E-state index is 0. The van der Waals surface area contributed by atoms with Crippen LogP contribution in [0.2, 0.25) is 0 Å². The van der Waals surface area contributed by atoms with E-state index in [-0.39, 0.29) is 17.8 Å². The van der Waals surface area contributed by atoms with Crippen LogP contribution in [0.5, 0.6) is 5.75 Å². The van der Waals surface area contributed by atoms with Crippen LogP contribution in [-0.2, 0) is 17.6 Å². The Morgan fingerprint density at radius 2 is 2.00 bits per heavy atom. The Balaban J connectivity index is 0.00000259. The van der Waals surface area contributed by atoms with Crippen molar-refractivity contribution in [3.05, 3.63) is 70.9 Å². The van der Waals surface area contributed by atoms with Gasteiger partial charge in [-0.15, -0.1) is 11.3 Å². The van der Waals surface area contributed by atoms with Gasteiger partial charge in [0.2, 0.25) is 11.8 Å². The average Bonchev–Trinajstić information content (AvgIpc) is 3.50. The number of aromatic nitrogens is 1. The fourth-order valence-corrected chi connectivity index (χ4v) is 5.51. The second kappa shape index (κ2) is 8.80. The maximum absolute atomic E-state index is 11.9. The molecule has 0 radical (unpaired) electrons. The molecule has 0 aliphatic carbocycles. The lowest BCUT2D eigenvalue weighted by Crippen LogP contribution is -2.25. The molecular weight excluding hydrogens is 444 g/mol. The molecule has 1 unspecified atom stereocenters. The van der Waals surface area contributed by atoms with Gasteiger partial charge in [0, 0.05) is 23.5 Å². The van der Waals surface area contributed by atoms with E-state index in [2.05, 4.69) is 10.3 Å². The molecule has 1 fully saturated rings. The first-order chi connectivity index (χ1) is 15.6. The largest absolute Gasteiger partial charge is 0.493 e. The molecule has 0 saturated carbocycles. The average molecular weight is 467 g/mol. The molecular formula is C24H22N2O4S2. The van der Waals surface area contributed by atoms with Crippen molar-refractivity contribution in [3.8, 4) is 17.2 Å². The van der Waals surface area contributed by atoms with Crippen LogP contribution in [0.1, 0.15) is 18.4 Å². The van der Waals surface area contributed by atoms with Crippen LogP contribution in [0.25, 0.3) is 21.5 Å². The second-order valence-electron chi connectivity index (χ2n) is 7.46. The summed E-state index contributed by atoms with van der Waals surface area (Å²) >= 11 is 2.67. The zero-order chi connectivity index (χ0) is 22.1. The molecule has 2 amide bonds. The Kier molecular flexibility index (Phi) is 5.71. The van der Waals surface area contributed by atoms with Gasteiger partial charge in [-0.1, -0.05) is 36.0 Å². The molecule has 8 heteroatoms. The van der Waals surface area contributed by atoms with Gasteiger partial charge < -0.3 is 9.15 Å². The molecule has 5 rings (SSSR count). The highest BCUT2D eigenvalue weighted by atomic mass is 32.2. The summed E-state index contributed by atoms with van der Waals surface area (Å²) in [5.41, 5.74) is 2.88. The highest BCUT2D eigenvalue weighted by Crippen LogP contribution is 2.35. The minimum atomic E-state index is -0.381. The standard InChI is InChI=1S/C24H20N2O4S2.H2/c1-14-18(25-23(30-14)15-5-3-2-4-6-15)9-11-29-19-8-7-16(21-17(19)10-12-31-21)13-20-22(27)26-24(28)32-20;/h2-8,10,12,20H,9,11,13H2,1H3,(H,26,27,28);1H. The first-order valence-electron chi connectivity index (χ1n) is 10.2. The number of imide groups is 1. The van der Waals surface area contributed by atoms with E-state index in [1.54, 1.807) is 11.3 Å². The number of carbonyl (C=O) groups is 2. The number of hydrogen-bond acceptors (Lipinski definition) is 7. The SMILES string of the molecule is Cc1oc(-c2ccccc2)nc1CCOc1ccc(CC2SC(=O)NC2=O)c2sccc12.[HH]. The fraction of sp³-hybridized carbons (Fsp3) is 0.208. The first-order valence-corrected chi connectivity index (χ1v) is 12.0. The smallest absolute Gasteiger partial charge is 0.286 e. The van der Waals surface area contributed by atoms with Crippen molar-refractivity contribution in [1.29, 1.82) is 0 Å². The van der Waals surface area contributed by atoms with Crippen LogP contribution >= 0.6 is 23.1 Å². The quantitative estimate of drug-likeness (QED) is 0.380. The van der Waals surface area contributed by atoms with Crippen molar-refractivity contribution < 1.29 is 20.2 Å². The van der Waals surface area contributed by atoms with E-state index in [9.17, 15) is 9.59 Å². The number of carbonyl (C=O) groups excluding carboxylic acids is 2. The lowest BCUT2D eigenvalue weighted by atomic mass is 10.1. The molecule has 32 heavy (non-hydrogen) atoms. The van der Waals surface area contributed by atoms with E-state index in [1.807, 2.05) is 60.8 Å². The predicted octanol–water partition coefficient (Wildman–Crippen LogP) is 5.63. The van der Waals surface area contributed by atoms with E-state index in [0.29, 0.717) is 25.3 Å². The van der Waals surface area contributed by atoms with Gasteiger partial charge in [-0.25, -0.2) is 4.98 Å². The molecule has 164 valence electrons. The Morgan fingerprint density at radius 1 is 1.16 bits per heavy atom. The number of rotatable bonds is 7. The van der Waals surface area contributed by atoms with Crippen molar-refractivity contribution >= 4 is 44.3 Å². The number of nitrogens with one attached hydrogen (secondary N) is 1. The number of benzene rings is 2. The number of nitrogens with zero attached hydrogens (tertiary/aromatic N) is 1. The summed E-state index contributed by atoms with van der Waals surface area (Å²) < 4.78 is 13.0. The number of hydrogen-bond donors (Lipinski definition) is 1. The molecule has 1 N–H and O–H groups in total. The highest BCUT2D eigenvalue weighted by molar-refractivity contribution is 8.15. The van der Waals surface area contributed by atoms with Gasteiger partial charge in [0.25, 0.3) is 5.24 Å². The van der Waals surface area contributed by atoms with E-state index in [4.69, 9.17) is 9.15 Å². The van der Waals surface area contributed by atoms with Gasteiger partial charge in [-0.05, 0) is 48.6 Å². The van der Waals surface area contributed by atoms with Crippen LogP contribution in [-0.4, -0.2) is 28.0 Å². The summed E-state index contributed by atoms with van der Waals surface area (Å²) in [6.45, 7) is 2.39. The van der Waals surface area contributed by atoms with Gasteiger partial charge in [0.1, 0.15) is 11.5 Å². The van der Waals surface area contributed by atoms with Crippen LogP contribution in [0.15, 0.2) is 58.3 Å². The molecule has 1 aliphatic heterocycles. The highest BCUT2D eigenvalue weighted by Gasteiger charge is 2.32. The topological polar surface area (TPSA) is 81.4 Å². The van der Waals surface area contributed by atoms with Crippen LogP contribution in [0.4, 0.5) is 4.79 Å². The molecule has 2 aromatic heterocycles. The summed E-state index contributed by atoms with van der Waals surface area (Å²) in [6.07, 6.45) is 1.15. The normalized spacial score (nSPS) is 16.0. The van der Waals surface area contributed by atoms with Crippen LogP contribution in [0.3, 0.4) is 0 Å². The lowest BCUT2D eigenvalue weighted by molar-refractivity contribution is -0.118. The zero-order valence-corrected chi connectivity index (χ0v) is 18.9. The number of ether oxygens (including phenoxy) is 1. The van der Waals surface area contributed by atoms with E-state index >= 15 is 0 Å². The Morgan fingerprint density at radius 3 is 2.78 bits per heavy atom. The zero-order valence-electron chi connectivity index (χ0n) is 17.3. The van der Waals surface area contributed by atoms with Crippen LogP contribution in [0, 0.1) is 6.92 Å². The fourth-order valence-electron chi connectivity index (χ4n) is 3.73. The monoisotopic (exact) mass is 466 g/mol. The summed E-state index contributed by atoms with van der Waals surface area (Å²) in [5.74, 6) is 2.00. The number of thioether (sulfide) groups is 1. The molecule has 6 nitrogen and oxygen atoms in total. The van der Waals surface area contributed by atoms with E-state index in [0.717, 1.165) is 50.2 Å². The maximum atomic E-state index is 11.9. The predicted molar refractivity (Wildman–Crippen MR) is 128 cm³/mol. The Bertz CT molecular complexity index is 1300. The summed E-state index contributed by atoms with van der Waals surface area (Å²) in [6, 6.07) is 15.8. The van der Waals surface area contributed by atoms with Crippen molar-refractivity contribution in [3.63, 3.8) is 0 Å². The molecule has 2 aromatic carbocycles. The molecule has 3 heterocycles. The number of aryl methyl sites for hydroxylation is 1. The minimum Gasteiger partial charge on any atom is -0.493 e. The molecule has 4 aromatic rings. The molecule has 1 atom stereocenters. The molecule has 0 bridgehead atoms. The maximum Gasteiger partial charge on any atom is 0.286 e.